The zero-order chi connectivity index (χ0) is 13.0. The first-order chi connectivity index (χ1) is 8.06. The molecule has 0 aromatic rings. The second kappa shape index (κ2) is 10.7. The van der Waals surface area contributed by atoms with E-state index < -0.39 is 10.4 Å². The van der Waals surface area contributed by atoms with Crippen LogP contribution in [0.5, 0.6) is 0 Å². The Kier molecular flexibility index (Phi) is 10.5. The quantitative estimate of drug-likeness (QED) is 0.352. The van der Waals surface area contributed by atoms with E-state index in [2.05, 4.69) is 11.1 Å². The fraction of sp³-hybridized carbons (Fsp3) is 0.833. The van der Waals surface area contributed by atoms with E-state index in [9.17, 15) is 8.42 Å². The Balaban J connectivity index is 3.20. The fourth-order valence-electron chi connectivity index (χ4n) is 1.53. The van der Waals surface area contributed by atoms with E-state index in [1.54, 1.807) is 6.08 Å². The molecule has 0 bridgehead atoms. The van der Waals surface area contributed by atoms with Crippen molar-refractivity contribution >= 4 is 10.4 Å². The Hall–Kier alpha value is -0.390. The first-order valence-corrected chi connectivity index (χ1v) is 7.69. The van der Waals surface area contributed by atoms with Crippen molar-refractivity contribution in [2.45, 2.75) is 58.3 Å². The molecule has 0 fully saturated rings. The van der Waals surface area contributed by atoms with Crippen LogP contribution < -0.4 is 0 Å². The Morgan fingerprint density at radius 1 is 1.00 bits per heavy atom. The van der Waals surface area contributed by atoms with Gasteiger partial charge in [-0.3, -0.25) is 4.55 Å². The molecule has 0 heterocycles. The van der Waals surface area contributed by atoms with Gasteiger partial charge >= 0.3 is 10.4 Å². The smallest absolute Gasteiger partial charge is 0.264 e. The van der Waals surface area contributed by atoms with E-state index in [4.69, 9.17) is 4.55 Å². The molecule has 4 nitrogen and oxygen atoms in total. The molecule has 0 saturated heterocycles. The summed E-state index contributed by atoms with van der Waals surface area (Å²) in [6.07, 6.45) is 13.3. The lowest BCUT2D eigenvalue weighted by molar-refractivity contribution is 0.296. The van der Waals surface area contributed by atoms with E-state index in [0.29, 0.717) is 0 Å². The number of hydrogen-bond donors (Lipinski definition) is 1. The number of hydrogen-bond acceptors (Lipinski definition) is 3. The predicted octanol–water partition coefficient (Wildman–Crippen LogP) is 3.50. The topological polar surface area (TPSA) is 63.6 Å². The van der Waals surface area contributed by atoms with Gasteiger partial charge in [0.15, 0.2) is 0 Å². The van der Waals surface area contributed by atoms with Crippen molar-refractivity contribution in [3.8, 4) is 0 Å². The summed E-state index contributed by atoms with van der Waals surface area (Å²) in [7, 11) is -4.29. The second-order valence-corrected chi connectivity index (χ2v) is 5.18. The third-order valence-corrected chi connectivity index (χ3v) is 2.89. The maximum Gasteiger partial charge on any atom is 0.397 e. The Morgan fingerprint density at radius 2 is 1.59 bits per heavy atom. The summed E-state index contributed by atoms with van der Waals surface area (Å²) in [6.45, 7) is 2.12. The molecule has 0 amide bonds. The molecule has 0 rings (SSSR count). The predicted molar refractivity (Wildman–Crippen MR) is 69.3 cm³/mol. The highest BCUT2D eigenvalue weighted by Gasteiger charge is 1.99. The summed E-state index contributed by atoms with van der Waals surface area (Å²) in [6, 6.07) is 0. The minimum atomic E-state index is -4.29. The molecule has 0 aromatic heterocycles. The Morgan fingerprint density at radius 3 is 2.18 bits per heavy atom. The van der Waals surface area contributed by atoms with Gasteiger partial charge in [-0.15, -0.1) is 0 Å². The van der Waals surface area contributed by atoms with Crippen LogP contribution in [0.4, 0.5) is 0 Å². The standard InChI is InChI=1S/C12H24O4S/c1-2-3-4-5-6-7-8-9-10-11-12-16-17(13,14)15/h10-11H,2-9,12H2,1H3,(H,13,14,15)/b11-10+. The number of rotatable bonds is 11. The average molecular weight is 264 g/mol. The highest BCUT2D eigenvalue weighted by Crippen LogP contribution is 2.08. The summed E-state index contributed by atoms with van der Waals surface area (Å²) in [5.74, 6) is 0. The van der Waals surface area contributed by atoms with Gasteiger partial charge in [0.05, 0.1) is 6.61 Å². The molecule has 17 heavy (non-hydrogen) atoms. The maximum absolute atomic E-state index is 10.2. The third-order valence-electron chi connectivity index (χ3n) is 2.45. The SMILES string of the molecule is CCCCCCCCC/C=C/COS(=O)(=O)O. The van der Waals surface area contributed by atoms with Crippen molar-refractivity contribution in [3.05, 3.63) is 12.2 Å². The minimum absolute atomic E-state index is 0.0880. The molecule has 102 valence electrons. The van der Waals surface area contributed by atoms with Crippen molar-refractivity contribution in [3.63, 3.8) is 0 Å². The van der Waals surface area contributed by atoms with Crippen molar-refractivity contribution in [2.75, 3.05) is 6.61 Å². The fourth-order valence-corrected chi connectivity index (χ4v) is 1.78. The first-order valence-electron chi connectivity index (χ1n) is 6.33. The maximum atomic E-state index is 10.2. The molecule has 0 aliphatic rings. The molecule has 0 aliphatic carbocycles. The van der Waals surface area contributed by atoms with Gasteiger partial charge in [-0.05, 0) is 12.8 Å². The van der Waals surface area contributed by atoms with Gasteiger partial charge in [-0.1, -0.05) is 57.6 Å². The minimum Gasteiger partial charge on any atom is -0.264 e. The molecule has 0 atom stereocenters. The van der Waals surface area contributed by atoms with E-state index in [0.717, 1.165) is 12.8 Å². The van der Waals surface area contributed by atoms with Gasteiger partial charge in [-0.2, -0.15) is 8.42 Å². The number of unbranched alkanes of at least 4 members (excludes halogenated alkanes) is 7. The molecule has 1 N–H and O–H groups in total. The molecule has 5 heteroatoms. The van der Waals surface area contributed by atoms with E-state index >= 15 is 0 Å². The van der Waals surface area contributed by atoms with E-state index in [1.807, 2.05) is 6.08 Å². The van der Waals surface area contributed by atoms with Gasteiger partial charge in [0.2, 0.25) is 0 Å². The molecule has 0 spiro atoms. The summed E-state index contributed by atoms with van der Waals surface area (Å²) >= 11 is 0. The Labute approximate surface area is 105 Å². The molecular weight excluding hydrogens is 240 g/mol. The summed E-state index contributed by atoms with van der Waals surface area (Å²) in [5, 5.41) is 0. The van der Waals surface area contributed by atoms with Crippen molar-refractivity contribution in [1.29, 1.82) is 0 Å². The van der Waals surface area contributed by atoms with Gasteiger partial charge in [0, 0.05) is 0 Å². The molecule has 0 unspecified atom stereocenters. The van der Waals surface area contributed by atoms with Crippen molar-refractivity contribution in [1.82, 2.24) is 0 Å². The van der Waals surface area contributed by atoms with Crippen LogP contribution in [0, 0.1) is 0 Å². The Bertz CT molecular complexity index is 283. The van der Waals surface area contributed by atoms with Gasteiger partial charge in [0.1, 0.15) is 0 Å². The van der Waals surface area contributed by atoms with Crippen molar-refractivity contribution < 1.29 is 17.2 Å². The van der Waals surface area contributed by atoms with Crippen LogP contribution >= 0.6 is 0 Å². The van der Waals surface area contributed by atoms with Crippen LogP contribution in [0.15, 0.2) is 12.2 Å². The highest BCUT2D eigenvalue weighted by molar-refractivity contribution is 7.80. The summed E-state index contributed by atoms with van der Waals surface area (Å²) < 4.78 is 32.8. The summed E-state index contributed by atoms with van der Waals surface area (Å²) in [4.78, 5) is 0. The monoisotopic (exact) mass is 264 g/mol. The molecule has 0 aromatic carbocycles. The van der Waals surface area contributed by atoms with Crippen LogP contribution in [0.1, 0.15) is 58.3 Å². The molecular formula is C12H24O4S. The van der Waals surface area contributed by atoms with Crippen LogP contribution in [-0.4, -0.2) is 19.6 Å². The zero-order valence-corrected chi connectivity index (χ0v) is 11.4. The van der Waals surface area contributed by atoms with E-state index in [1.165, 1.54) is 38.5 Å². The first kappa shape index (κ1) is 16.6. The zero-order valence-electron chi connectivity index (χ0n) is 10.6. The lowest BCUT2D eigenvalue weighted by atomic mass is 10.1. The normalized spacial score (nSPS) is 12.4. The summed E-state index contributed by atoms with van der Waals surface area (Å²) in [5.41, 5.74) is 0. The van der Waals surface area contributed by atoms with E-state index in [-0.39, 0.29) is 6.61 Å². The van der Waals surface area contributed by atoms with Gasteiger partial charge < -0.3 is 0 Å². The lowest BCUT2D eigenvalue weighted by Gasteiger charge is -1.98. The van der Waals surface area contributed by atoms with Gasteiger partial charge in [-0.25, -0.2) is 4.18 Å². The van der Waals surface area contributed by atoms with Crippen LogP contribution in [0.2, 0.25) is 0 Å². The van der Waals surface area contributed by atoms with Crippen molar-refractivity contribution in [2.24, 2.45) is 0 Å². The lowest BCUT2D eigenvalue weighted by Crippen LogP contribution is -2.02. The molecule has 0 radical (unpaired) electrons. The molecule has 0 saturated carbocycles. The highest BCUT2D eigenvalue weighted by atomic mass is 32.3. The second-order valence-electron chi connectivity index (χ2n) is 4.09. The largest absolute Gasteiger partial charge is 0.397 e. The van der Waals surface area contributed by atoms with Crippen LogP contribution in [-0.2, 0) is 14.6 Å². The number of allylic oxidation sites excluding steroid dienone is 1. The van der Waals surface area contributed by atoms with Crippen LogP contribution in [0.25, 0.3) is 0 Å². The average Bonchev–Trinajstić information content (AvgIpc) is 2.24. The van der Waals surface area contributed by atoms with Gasteiger partial charge in [0.25, 0.3) is 0 Å². The van der Waals surface area contributed by atoms with Crippen LogP contribution in [0.3, 0.4) is 0 Å². The third kappa shape index (κ3) is 15.6. The molecule has 0 aliphatic heterocycles.